The molecule has 0 amide bonds. The molecular weight excluding hydrogens is 282 g/mol. The van der Waals surface area contributed by atoms with Crippen molar-refractivity contribution < 1.29 is 9.00 Å². The van der Waals surface area contributed by atoms with E-state index in [1.807, 2.05) is 30.3 Å². The number of hydrogen-bond acceptors (Lipinski definition) is 3. The van der Waals surface area contributed by atoms with Crippen molar-refractivity contribution in [3.8, 4) is 0 Å². The van der Waals surface area contributed by atoms with Crippen LogP contribution in [0.1, 0.15) is 36.0 Å². The van der Waals surface area contributed by atoms with Crippen LogP contribution in [0.3, 0.4) is 0 Å². The Morgan fingerprint density at radius 1 is 1.14 bits per heavy atom. The summed E-state index contributed by atoms with van der Waals surface area (Å²) in [7, 11) is -0.699. The van der Waals surface area contributed by atoms with Crippen LogP contribution in [0.4, 0.5) is 0 Å². The maximum absolute atomic E-state index is 12.7. The molecule has 0 saturated carbocycles. The number of Topliss-reactive ketones (excluding diaryl/α,β-unsaturated/α-hetero) is 1. The molecular formula is C17H17NO2S. The summed E-state index contributed by atoms with van der Waals surface area (Å²) in [5.74, 6) is 0.248. The largest absolute Gasteiger partial charge is 0.294 e. The van der Waals surface area contributed by atoms with Crippen LogP contribution in [-0.4, -0.2) is 25.5 Å². The summed E-state index contributed by atoms with van der Waals surface area (Å²) in [6.07, 6.45) is 5.39. The third-order valence-electron chi connectivity index (χ3n) is 4.82. The van der Waals surface area contributed by atoms with Crippen molar-refractivity contribution >= 4 is 27.5 Å². The van der Waals surface area contributed by atoms with Crippen LogP contribution in [0.15, 0.2) is 36.5 Å². The molecule has 2 aliphatic rings. The molecule has 108 valence electrons. The minimum Gasteiger partial charge on any atom is -0.294 e. The second-order valence-corrected chi connectivity index (χ2v) is 8.08. The fourth-order valence-electron chi connectivity index (χ4n) is 3.70. The van der Waals surface area contributed by atoms with Crippen LogP contribution in [0, 0.1) is 5.92 Å². The molecule has 0 radical (unpaired) electrons. The van der Waals surface area contributed by atoms with Gasteiger partial charge in [-0.25, -0.2) is 0 Å². The van der Waals surface area contributed by atoms with Gasteiger partial charge in [0.25, 0.3) is 0 Å². The summed E-state index contributed by atoms with van der Waals surface area (Å²) in [6.45, 7) is 0. The van der Waals surface area contributed by atoms with Gasteiger partial charge in [0.05, 0.1) is 5.52 Å². The number of fused-ring (bicyclic) bond motifs is 3. The smallest absolute Gasteiger partial charge is 0.166 e. The number of rotatable bonds is 2. The van der Waals surface area contributed by atoms with Gasteiger partial charge in [-0.15, -0.1) is 0 Å². The summed E-state index contributed by atoms with van der Waals surface area (Å²) in [4.78, 5) is 17.1. The van der Waals surface area contributed by atoms with E-state index in [0.29, 0.717) is 0 Å². The van der Waals surface area contributed by atoms with E-state index in [2.05, 4.69) is 4.98 Å². The standard InChI is InChI=1S/C17H17NO2S/c19-17(13-8-14-5-6-15(9-13)21(14)20)12-4-3-11-2-1-7-18-16(11)10-12/h1-4,7,10,13-15H,5-6,8-9H2. The highest BCUT2D eigenvalue weighted by Crippen LogP contribution is 2.39. The second kappa shape index (κ2) is 5.02. The Hall–Kier alpha value is -1.55. The Balaban J connectivity index is 1.63. The quantitative estimate of drug-likeness (QED) is 0.801. The van der Waals surface area contributed by atoms with E-state index in [9.17, 15) is 9.00 Å². The minimum absolute atomic E-state index is 0.0429. The minimum atomic E-state index is -0.699. The zero-order valence-corrected chi connectivity index (χ0v) is 12.5. The molecule has 2 bridgehead atoms. The first-order valence-electron chi connectivity index (χ1n) is 7.51. The van der Waals surface area contributed by atoms with Gasteiger partial charge in [-0.05, 0) is 37.8 Å². The lowest BCUT2D eigenvalue weighted by Gasteiger charge is -2.26. The maximum atomic E-state index is 12.7. The summed E-state index contributed by atoms with van der Waals surface area (Å²) in [5, 5.41) is 1.55. The van der Waals surface area contributed by atoms with Crippen LogP contribution in [-0.2, 0) is 10.8 Å². The van der Waals surface area contributed by atoms with Gasteiger partial charge in [0, 0.05) is 44.4 Å². The fraction of sp³-hybridized carbons (Fsp3) is 0.412. The van der Waals surface area contributed by atoms with Crippen molar-refractivity contribution in [2.45, 2.75) is 36.2 Å². The van der Waals surface area contributed by atoms with E-state index >= 15 is 0 Å². The highest BCUT2D eigenvalue weighted by Gasteiger charge is 2.42. The van der Waals surface area contributed by atoms with E-state index in [0.717, 1.165) is 42.1 Å². The molecule has 2 saturated heterocycles. The predicted molar refractivity (Wildman–Crippen MR) is 83.7 cm³/mol. The zero-order chi connectivity index (χ0) is 14.4. The van der Waals surface area contributed by atoms with Gasteiger partial charge < -0.3 is 0 Å². The lowest BCUT2D eigenvalue weighted by Crippen LogP contribution is -2.32. The van der Waals surface area contributed by atoms with Gasteiger partial charge in [-0.1, -0.05) is 18.2 Å². The maximum Gasteiger partial charge on any atom is 0.166 e. The SMILES string of the molecule is O=C(c1ccc2cccnc2c1)C1CC2CCC(C1)S2=O. The predicted octanol–water partition coefficient (Wildman–Crippen LogP) is 3.11. The van der Waals surface area contributed by atoms with Gasteiger partial charge in [0.1, 0.15) is 0 Å². The van der Waals surface area contributed by atoms with Crippen LogP contribution in [0.25, 0.3) is 10.9 Å². The van der Waals surface area contributed by atoms with Crippen molar-refractivity contribution in [1.82, 2.24) is 4.98 Å². The molecule has 1 aromatic heterocycles. The van der Waals surface area contributed by atoms with Crippen LogP contribution >= 0.6 is 0 Å². The first-order valence-corrected chi connectivity index (χ1v) is 8.78. The number of carbonyl (C=O) groups excluding carboxylic acids is 1. The summed E-state index contributed by atoms with van der Waals surface area (Å²) in [5.41, 5.74) is 1.61. The number of carbonyl (C=O) groups is 1. The van der Waals surface area contributed by atoms with Crippen molar-refractivity contribution in [2.24, 2.45) is 5.92 Å². The molecule has 2 fully saturated rings. The van der Waals surface area contributed by atoms with E-state index in [1.54, 1.807) is 6.20 Å². The Morgan fingerprint density at radius 3 is 2.67 bits per heavy atom. The van der Waals surface area contributed by atoms with Crippen LogP contribution in [0.5, 0.6) is 0 Å². The lowest BCUT2D eigenvalue weighted by molar-refractivity contribution is 0.0906. The van der Waals surface area contributed by atoms with E-state index < -0.39 is 10.8 Å². The normalized spacial score (nSPS) is 31.4. The first-order chi connectivity index (χ1) is 10.2. The van der Waals surface area contributed by atoms with Gasteiger partial charge in [-0.3, -0.25) is 14.0 Å². The summed E-state index contributed by atoms with van der Waals surface area (Å²) < 4.78 is 12.1. The molecule has 21 heavy (non-hydrogen) atoms. The average Bonchev–Trinajstić information content (AvgIpc) is 2.75. The molecule has 0 aliphatic carbocycles. The summed E-state index contributed by atoms with van der Waals surface area (Å²) >= 11 is 0. The van der Waals surface area contributed by atoms with Crippen molar-refractivity contribution in [2.75, 3.05) is 0 Å². The highest BCUT2D eigenvalue weighted by molar-refractivity contribution is 7.86. The molecule has 1 aromatic carbocycles. The Labute approximate surface area is 126 Å². The lowest BCUT2D eigenvalue weighted by atomic mass is 9.90. The molecule has 2 unspecified atom stereocenters. The van der Waals surface area contributed by atoms with E-state index in [-0.39, 0.29) is 22.2 Å². The van der Waals surface area contributed by atoms with Gasteiger partial charge in [0.2, 0.25) is 0 Å². The molecule has 2 atom stereocenters. The molecule has 0 N–H and O–H groups in total. The molecule has 0 spiro atoms. The van der Waals surface area contributed by atoms with Gasteiger partial charge >= 0.3 is 0 Å². The fourth-order valence-corrected chi connectivity index (χ4v) is 5.83. The zero-order valence-electron chi connectivity index (χ0n) is 11.7. The van der Waals surface area contributed by atoms with Crippen molar-refractivity contribution in [3.05, 3.63) is 42.1 Å². The third kappa shape index (κ3) is 2.22. The van der Waals surface area contributed by atoms with Gasteiger partial charge in [-0.2, -0.15) is 0 Å². The highest BCUT2D eigenvalue weighted by atomic mass is 32.2. The summed E-state index contributed by atoms with van der Waals surface area (Å²) in [6, 6.07) is 9.66. The van der Waals surface area contributed by atoms with Crippen molar-refractivity contribution in [3.63, 3.8) is 0 Å². The number of nitrogens with zero attached hydrogens (tertiary/aromatic N) is 1. The molecule has 2 aliphatic heterocycles. The number of ketones is 1. The average molecular weight is 299 g/mol. The number of aromatic nitrogens is 1. The first kappa shape index (κ1) is 13.1. The molecule has 4 rings (SSSR count). The molecule has 3 heterocycles. The number of pyridine rings is 1. The van der Waals surface area contributed by atoms with E-state index in [1.165, 1.54) is 0 Å². The molecule has 3 nitrogen and oxygen atoms in total. The van der Waals surface area contributed by atoms with Crippen LogP contribution in [0.2, 0.25) is 0 Å². The Morgan fingerprint density at radius 2 is 1.90 bits per heavy atom. The monoisotopic (exact) mass is 299 g/mol. The third-order valence-corrected chi connectivity index (χ3v) is 6.99. The second-order valence-electron chi connectivity index (χ2n) is 6.09. The molecule has 4 heteroatoms. The number of hydrogen-bond donors (Lipinski definition) is 0. The van der Waals surface area contributed by atoms with Crippen molar-refractivity contribution in [1.29, 1.82) is 0 Å². The van der Waals surface area contributed by atoms with Gasteiger partial charge in [0.15, 0.2) is 5.78 Å². The Bertz CT molecular complexity index is 726. The molecule has 2 aromatic rings. The van der Waals surface area contributed by atoms with Crippen LogP contribution < -0.4 is 0 Å². The Kier molecular flexibility index (Phi) is 3.14. The number of benzene rings is 1. The topological polar surface area (TPSA) is 47.0 Å². The van der Waals surface area contributed by atoms with E-state index in [4.69, 9.17) is 0 Å².